The van der Waals surface area contributed by atoms with Crippen molar-refractivity contribution in [3.8, 4) is 11.5 Å². The molecule has 28 heavy (non-hydrogen) atoms. The molecule has 2 heterocycles. The number of amides is 2. The van der Waals surface area contributed by atoms with Crippen molar-refractivity contribution >= 4 is 23.2 Å². The zero-order valence-electron chi connectivity index (χ0n) is 15.1. The van der Waals surface area contributed by atoms with E-state index in [2.05, 4.69) is 10.6 Å². The normalized spacial score (nSPS) is 14.8. The third-order valence-electron chi connectivity index (χ3n) is 5.21. The van der Waals surface area contributed by atoms with Gasteiger partial charge < -0.3 is 15.4 Å². The summed E-state index contributed by atoms with van der Waals surface area (Å²) in [6.45, 7) is 0. The summed E-state index contributed by atoms with van der Waals surface area (Å²) < 4.78 is 5.97. The number of rotatable bonds is 2. The van der Waals surface area contributed by atoms with E-state index >= 15 is 0 Å². The van der Waals surface area contributed by atoms with Gasteiger partial charge in [-0.3, -0.25) is 9.59 Å². The first-order chi connectivity index (χ1) is 13.7. The second-order valence-electron chi connectivity index (χ2n) is 7.02. The summed E-state index contributed by atoms with van der Waals surface area (Å²) in [6, 6.07) is 20.8. The number of para-hydroxylation sites is 2. The highest BCUT2D eigenvalue weighted by atomic mass is 16.5. The molecule has 0 aliphatic carbocycles. The number of ether oxygens (including phenoxy) is 1. The van der Waals surface area contributed by atoms with Crippen LogP contribution < -0.4 is 15.4 Å². The summed E-state index contributed by atoms with van der Waals surface area (Å²) in [6.07, 6.45) is 1.14. The van der Waals surface area contributed by atoms with Gasteiger partial charge in [0.05, 0.1) is 5.92 Å². The van der Waals surface area contributed by atoms with Gasteiger partial charge in [0.1, 0.15) is 11.5 Å². The Bertz CT molecular complexity index is 1060. The van der Waals surface area contributed by atoms with E-state index in [0.717, 1.165) is 28.1 Å². The minimum atomic E-state index is -0.447. The largest absolute Gasteiger partial charge is 0.457 e. The Morgan fingerprint density at radius 3 is 2.32 bits per heavy atom. The van der Waals surface area contributed by atoms with Gasteiger partial charge >= 0.3 is 0 Å². The van der Waals surface area contributed by atoms with Crippen molar-refractivity contribution in [3.05, 3.63) is 83.4 Å². The summed E-state index contributed by atoms with van der Waals surface area (Å²) >= 11 is 0. The molecule has 0 aromatic heterocycles. The first kappa shape index (κ1) is 16.6. The van der Waals surface area contributed by atoms with Gasteiger partial charge in [-0.2, -0.15) is 0 Å². The number of carbonyl (C=O) groups is 2. The predicted molar refractivity (Wildman–Crippen MR) is 107 cm³/mol. The van der Waals surface area contributed by atoms with Crippen molar-refractivity contribution in [2.75, 3.05) is 10.6 Å². The molecule has 5 rings (SSSR count). The van der Waals surface area contributed by atoms with Gasteiger partial charge in [-0.15, -0.1) is 0 Å². The molecule has 0 spiro atoms. The van der Waals surface area contributed by atoms with Crippen LogP contribution in [-0.4, -0.2) is 11.8 Å². The summed E-state index contributed by atoms with van der Waals surface area (Å²) in [5, 5.41) is 5.91. The Balaban J connectivity index is 1.48. The second-order valence-corrected chi connectivity index (χ2v) is 7.02. The van der Waals surface area contributed by atoms with Gasteiger partial charge in [0, 0.05) is 28.9 Å². The molecule has 5 nitrogen and oxygen atoms in total. The zero-order valence-corrected chi connectivity index (χ0v) is 15.1. The van der Waals surface area contributed by atoms with E-state index in [4.69, 9.17) is 4.74 Å². The fourth-order valence-electron chi connectivity index (χ4n) is 3.87. The number of benzene rings is 3. The van der Waals surface area contributed by atoms with Crippen molar-refractivity contribution in [1.29, 1.82) is 0 Å². The smallest absolute Gasteiger partial charge is 0.236 e. The fraction of sp³-hybridized carbons (Fsp3) is 0.130. The van der Waals surface area contributed by atoms with E-state index in [1.807, 2.05) is 66.7 Å². The summed E-state index contributed by atoms with van der Waals surface area (Å²) in [5.74, 6) is 0.878. The average Bonchev–Trinajstić information content (AvgIpc) is 2.72. The number of anilines is 2. The van der Waals surface area contributed by atoms with Crippen LogP contribution in [0.5, 0.6) is 11.5 Å². The van der Waals surface area contributed by atoms with E-state index in [0.29, 0.717) is 24.3 Å². The molecule has 0 unspecified atom stereocenters. The highest BCUT2D eigenvalue weighted by Crippen LogP contribution is 2.44. The maximum atomic E-state index is 13.3. The minimum absolute atomic E-state index is 0.0275. The third-order valence-corrected chi connectivity index (χ3v) is 5.21. The molecule has 2 N–H and O–H groups in total. The average molecular weight is 370 g/mol. The molecule has 138 valence electrons. The summed E-state index contributed by atoms with van der Waals surface area (Å²) in [5.41, 5.74) is 4.27. The molecule has 0 bridgehead atoms. The van der Waals surface area contributed by atoms with Crippen LogP contribution in [0.3, 0.4) is 0 Å². The lowest BCUT2D eigenvalue weighted by atomic mass is 9.87. The monoisotopic (exact) mass is 370 g/mol. The SMILES string of the molecule is O=C1CCc2cc(NC(=O)C3c4ccccc4Oc4ccccc43)ccc2N1. The van der Waals surface area contributed by atoms with Crippen LogP contribution in [0.15, 0.2) is 66.7 Å². The molecule has 0 saturated carbocycles. The number of nitrogens with one attached hydrogen (secondary N) is 2. The Morgan fingerprint density at radius 2 is 1.61 bits per heavy atom. The fourth-order valence-corrected chi connectivity index (χ4v) is 3.87. The third kappa shape index (κ3) is 2.81. The number of hydrogen-bond donors (Lipinski definition) is 2. The molecule has 2 amide bonds. The van der Waals surface area contributed by atoms with Gasteiger partial charge in [0.2, 0.25) is 11.8 Å². The molecule has 2 aliphatic heterocycles. The molecule has 0 atom stereocenters. The van der Waals surface area contributed by atoms with Crippen LogP contribution in [0.4, 0.5) is 11.4 Å². The van der Waals surface area contributed by atoms with E-state index in [9.17, 15) is 9.59 Å². The molecule has 0 fully saturated rings. The Labute approximate surface area is 162 Å². The van der Waals surface area contributed by atoms with Crippen LogP contribution in [0, 0.1) is 0 Å². The molecule has 2 aliphatic rings. The van der Waals surface area contributed by atoms with Gasteiger partial charge in [-0.25, -0.2) is 0 Å². The van der Waals surface area contributed by atoms with Crippen LogP contribution in [0.2, 0.25) is 0 Å². The molecular weight excluding hydrogens is 352 g/mol. The minimum Gasteiger partial charge on any atom is -0.457 e. The van der Waals surface area contributed by atoms with Crippen molar-refractivity contribution in [2.24, 2.45) is 0 Å². The van der Waals surface area contributed by atoms with Gasteiger partial charge in [-0.05, 0) is 42.3 Å². The number of hydrogen-bond acceptors (Lipinski definition) is 3. The number of fused-ring (bicyclic) bond motifs is 3. The molecular formula is C23H18N2O3. The number of carbonyl (C=O) groups excluding carboxylic acids is 2. The Kier molecular flexibility index (Phi) is 3.86. The summed E-state index contributed by atoms with van der Waals surface area (Å²) in [4.78, 5) is 24.8. The van der Waals surface area contributed by atoms with E-state index in [1.165, 1.54) is 0 Å². The number of aryl methyl sites for hydroxylation is 1. The molecule has 3 aromatic carbocycles. The molecule has 0 radical (unpaired) electrons. The van der Waals surface area contributed by atoms with Gasteiger partial charge in [-0.1, -0.05) is 36.4 Å². The lowest BCUT2D eigenvalue weighted by molar-refractivity contribution is -0.117. The first-order valence-electron chi connectivity index (χ1n) is 9.28. The van der Waals surface area contributed by atoms with Crippen LogP contribution in [0.25, 0.3) is 0 Å². The predicted octanol–water partition coefficient (Wildman–Crippen LogP) is 4.45. The highest BCUT2D eigenvalue weighted by Gasteiger charge is 2.32. The van der Waals surface area contributed by atoms with Gasteiger partial charge in [0.15, 0.2) is 0 Å². The maximum Gasteiger partial charge on any atom is 0.236 e. The first-order valence-corrected chi connectivity index (χ1v) is 9.28. The van der Waals surface area contributed by atoms with E-state index < -0.39 is 5.92 Å². The zero-order chi connectivity index (χ0) is 19.1. The van der Waals surface area contributed by atoms with Crippen LogP contribution >= 0.6 is 0 Å². The Morgan fingerprint density at radius 1 is 0.929 bits per heavy atom. The maximum absolute atomic E-state index is 13.3. The quantitative estimate of drug-likeness (QED) is 0.700. The summed E-state index contributed by atoms with van der Waals surface area (Å²) in [7, 11) is 0. The molecule has 3 aromatic rings. The second kappa shape index (κ2) is 6.53. The highest BCUT2D eigenvalue weighted by molar-refractivity contribution is 6.00. The van der Waals surface area contributed by atoms with Crippen molar-refractivity contribution in [3.63, 3.8) is 0 Å². The van der Waals surface area contributed by atoms with E-state index in [1.54, 1.807) is 0 Å². The molecule has 5 heteroatoms. The lowest BCUT2D eigenvalue weighted by Crippen LogP contribution is -2.25. The van der Waals surface area contributed by atoms with E-state index in [-0.39, 0.29) is 11.8 Å². The van der Waals surface area contributed by atoms with Crippen molar-refractivity contribution in [1.82, 2.24) is 0 Å². The van der Waals surface area contributed by atoms with Crippen LogP contribution in [-0.2, 0) is 16.0 Å². The standard InChI is InChI=1S/C23H18N2O3/c26-21-12-9-14-13-15(10-11-18(14)25-21)24-23(27)22-16-5-1-3-7-19(16)28-20-8-4-2-6-17(20)22/h1-8,10-11,13,22H,9,12H2,(H,24,27)(H,25,26). The Hall–Kier alpha value is -3.60. The van der Waals surface area contributed by atoms with Gasteiger partial charge in [0.25, 0.3) is 0 Å². The van der Waals surface area contributed by atoms with Crippen LogP contribution in [0.1, 0.15) is 29.0 Å². The lowest BCUT2D eigenvalue weighted by Gasteiger charge is -2.27. The topological polar surface area (TPSA) is 67.4 Å². The van der Waals surface area contributed by atoms with Crippen molar-refractivity contribution < 1.29 is 14.3 Å². The molecule has 0 saturated heterocycles. The van der Waals surface area contributed by atoms with Crippen molar-refractivity contribution in [2.45, 2.75) is 18.8 Å².